The van der Waals surface area contributed by atoms with Crippen molar-refractivity contribution in [3.05, 3.63) is 30.1 Å². The number of amides is 4. The summed E-state index contributed by atoms with van der Waals surface area (Å²) in [6.45, 7) is 6.28. The van der Waals surface area contributed by atoms with Crippen molar-refractivity contribution in [1.82, 2.24) is 19.7 Å². The van der Waals surface area contributed by atoms with E-state index in [-0.39, 0.29) is 23.8 Å². The van der Waals surface area contributed by atoms with E-state index in [1.54, 1.807) is 12.4 Å². The van der Waals surface area contributed by atoms with Gasteiger partial charge in [-0.05, 0) is 49.1 Å². The van der Waals surface area contributed by atoms with Crippen molar-refractivity contribution in [3.63, 3.8) is 0 Å². The Bertz CT molecular complexity index is 783. The Labute approximate surface area is 172 Å². The van der Waals surface area contributed by atoms with Gasteiger partial charge in [0.1, 0.15) is 5.54 Å². The first-order valence-electron chi connectivity index (χ1n) is 10.7. The van der Waals surface area contributed by atoms with Crippen LogP contribution < -0.4 is 0 Å². The third-order valence-electron chi connectivity index (χ3n) is 6.33. The fraction of sp³-hybridized carbons (Fsp3) is 0.636. The second kappa shape index (κ2) is 7.76. The Hall–Kier alpha value is -2.44. The summed E-state index contributed by atoms with van der Waals surface area (Å²) in [6.07, 6.45) is 6.96. The first-order chi connectivity index (χ1) is 13.9. The fourth-order valence-corrected chi connectivity index (χ4v) is 4.52. The Morgan fingerprint density at radius 2 is 1.97 bits per heavy atom. The van der Waals surface area contributed by atoms with E-state index >= 15 is 0 Å². The summed E-state index contributed by atoms with van der Waals surface area (Å²) in [5.41, 5.74) is 0.114. The van der Waals surface area contributed by atoms with Gasteiger partial charge in [-0.25, -0.2) is 4.79 Å². The highest BCUT2D eigenvalue weighted by Crippen LogP contribution is 2.40. The molecule has 2 saturated heterocycles. The Morgan fingerprint density at radius 3 is 2.55 bits per heavy atom. The molecule has 7 heteroatoms. The Morgan fingerprint density at radius 1 is 1.24 bits per heavy atom. The number of carbonyl (C=O) groups is 3. The molecule has 7 nitrogen and oxygen atoms in total. The number of nitrogens with zero attached hydrogens (tertiary/aromatic N) is 4. The fourth-order valence-electron chi connectivity index (χ4n) is 4.52. The molecule has 4 rings (SSSR count). The van der Waals surface area contributed by atoms with E-state index in [2.05, 4.69) is 18.8 Å². The van der Waals surface area contributed by atoms with Gasteiger partial charge >= 0.3 is 6.03 Å². The molecule has 0 bridgehead atoms. The molecular weight excluding hydrogens is 368 g/mol. The number of pyridine rings is 1. The van der Waals surface area contributed by atoms with Crippen molar-refractivity contribution in [3.8, 4) is 0 Å². The summed E-state index contributed by atoms with van der Waals surface area (Å²) in [5, 5.41) is 0. The SMILES string of the molecule is CC(C)CN1C(=O)N(CC2CC2)C(=O)C12CCN(C(=O)Cc1cccnc1)CC2. The number of piperidine rings is 1. The number of carbonyl (C=O) groups excluding carboxylic acids is 3. The van der Waals surface area contributed by atoms with E-state index in [1.165, 1.54) is 4.90 Å². The molecule has 1 aromatic heterocycles. The van der Waals surface area contributed by atoms with Crippen molar-refractivity contribution in [2.45, 2.75) is 51.5 Å². The number of aromatic nitrogens is 1. The molecule has 0 atom stereocenters. The van der Waals surface area contributed by atoms with E-state index < -0.39 is 5.54 Å². The molecule has 0 aromatic carbocycles. The molecule has 2 aliphatic heterocycles. The molecule has 0 N–H and O–H groups in total. The minimum absolute atomic E-state index is 0.0468. The number of hydrogen-bond acceptors (Lipinski definition) is 4. The van der Waals surface area contributed by atoms with Gasteiger partial charge in [-0.2, -0.15) is 0 Å². The molecule has 0 unspecified atom stereocenters. The molecule has 1 aliphatic carbocycles. The van der Waals surface area contributed by atoms with Crippen LogP contribution in [0.1, 0.15) is 45.1 Å². The zero-order chi connectivity index (χ0) is 20.6. The van der Waals surface area contributed by atoms with Gasteiger partial charge in [-0.1, -0.05) is 19.9 Å². The second-order valence-corrected chi connectivity index (χ2v) is 9.10. The number of imide groups is 1. The predicted molar refractivity (Wildman–Crippen MR) is 108 cm³/mol. The van der Waals surface area contributed by atoms with Crippen LogP contribution in [-0.2, 0) is 16.0 Å². The third-order valence-corrected chi connectivity index (χ3v) is 6.33. The zero-order valence-corrected chi connectivity index (χ0v) is 17.3. The molecule has 1 spiro atoms. The molecule has 1 aromatic rings. The summed E-state index contributed by atoms with van der Waals surface area (Å²) in [4.78, 5) is 48.4. The summed E-state index contributed by atoms with van der Waals surface area (Å²) in [6, 6.07) is 3.59. The molecule has 1 saturated carbocycles. The van der Waals surface area contributed by atoms with E-state index in [4.69, 9.17) is 0 Å². The van der Waals surface area contributed by atoms with Gasteiger partial charge in [0.05, 0.1) is 6.42 Å². The summed E-state index contributed by atoms with van der Waals surface area (Å²) < 4.78 is 0. The van der Waals surface area contributed by atoms with Gasteiger partial charge in [0, 0.05) is 38.6 Å². The van der Waals surface area contributed by atoms with Gasteiger partial charge in [0.25, 0.3) is 5.91 Å². The molecule has 3 aliphatic rings. The summed E-state index contributed by atoms with van der Waals surface area (Å²) in [5.74, 6) is 0.763. The molecular formula is C22H30N4O3. The lowest BCUT2D eigenvalue weighted by Crippen LogP contribution is -2.58. The second-order valence-electron chi connectivity index (χ2n) is 9.10. The largest absolute Gasteiger partial charge is 0.342 e. The van der Waals surface area contributed by atoms with Crippen molar-refractivity contribution >= 4 is 17.8 Å². The van der Waals surface area contributed by atoms with E-state index in [9.17, 15) is 14.4 Å². The average molecular weight is 399 g/mol. The van der Waals surface area contributed by atoms with E-state index in [0.717, 1.165) is 18.4 Å². The van der Waals surface area contributed by atoms with Gasteiger partial charge < -0.3 is 9.80 Å². The standard InChI is InChI=1S/C22H30N4O3/c1-16(2)14-26-21(29)25(15-17-5-6-17)20(28)22(26)7-10-24(11-8-22)19(27)12-18-4-3-9-23-13-18/h3-4,9,13,16-17H,5-8,10-12,14-15H2,1-2H3. The lowest BCUT2D eigenvalue weighted by molar-refractivity contribution is -0.140. The normalized spacial score (nSPS) is 21.6. The minimum Gasteiger partial charge on any atom is -0.342 e. The smallest absolute Gasteiger partial charge is 0.327 e. The lowest BCUT2D eigenvalue weighted by Gasteiger charge is -2.42. The molecule has 29 heavy (non-hydrogen) atoms. The van der Waals surface area contributed by atoms with Crippen LogP contribution in [0.15, 0.2) is 24.5 Å². The van der Waals surface area contributed by atoms with Gasteiger partial charge in [0.2, 0.25) is 5.91 Å². The van der Waals surface area contributed by atoms with Crippen LogP contribution in [0.25, 0.3) is 0 Å². The van der Waals surface area contributed by atoms with Gasteiger partial charge in [-0.3, -0.25) is 19.5 Å². The number of hydrogen-bond donors (Lipinski definition) is 0. The van der Waals surface area contributed by atoms with Crippen LogP contribution >= 0.6 is 0 Å². The molecule has 4 amide bonds. The van der Waals surface area contributed by atoms with Crippen molar-refractivity contribution in [2.75, 3.05) is 26.2 Å². The first kappa shape index (κ1) is 19.9. The molecule has 156 valence electrons. The number of rotatable bonds is 6. The van der Waals surface area contributed by atoms with E-state index in [1.807, 2.05) is 21.9 Å². The monoisotopic (exact) mass is 398 g/mol. The maximum atomic E-state index is 13.4. The maximum Gasteiger partial charge on any atom is 0.327 e. The predicted octanol–water partition coefficient (Wildman–Crippen LogP) is 2.32. The highest BCUT2D eigenvalue weighted by Gasteiger charge is 2.58. The van der Waals surface area contributed by atoms with Gasteiger partial charge in [0.15, 0.2) is 0 Å². The molecule has 0 radical (unpaired) electrons. The highest BCUT2D eigenvalue weighted by atomic mass is 16.2. The van der Waals surface area contributed by atoms with Gasteiger partial charge in [-0.15, -0.1) is 0 Å². The quantitative estimate of drug-likeness (QED) is 0.690. The van der Waals surface area contributed by atoms with Crippen molar-refractivity contribution < 1.29 is 14.4 Å². The van der Waals surface area contributed by atoms with Crippen LogP contribution in [0, 0.1) is 11.8 Å². The van der Waals surface area contributed by atoms with Crippen LogP contribution in [0.2, 0.25) is 0 Å². The van der Waals surface area contributed by atoms with Crippen LogP contribution in [0.4, 0.5) is 4.79 Å². The zero-order valence-electron chi connectivity index (χ0n) is 17.3. The van der Waals surface area contributed by atoms with Crippen LogP contribution in [0.3, 0.4) is 0 Å². The van der Waals surface area contributed by atoms with Crippen molar-refractivity contribution in [1.29, 1.82) is 0 Å². The van der Waals surface area contributed by atoms with Crippen LogP contribution in [0.5, 0.6) is 0 Å². The van der Waals surface area contributed by atoms with E-state index in [0.29, 0.717) is 51.4 Å². The Kier molecular flexibility index (Phi) is 5.32. The maximum absolute atomic E-state index is 13.4. The van der Waals surface area contributed by atoms with Crippen molar-refractivity contribution in [2.24, 2.45) is 11.8 Å². The number of urea groups is 1. The first-order valence-corrected chi connectivity index (χ1v) is 10.7. The minimum atomic E-state index is -0.776. The molecule has 3 fully saturated rings. The molecule has 3 heterocycles. The topological polar surface area (TPSA) is 73.8 Å². The van der Waals surface area contributed by atoms with Crippen LogP contribution in [-0.4, -0.2) is 69.2 Å². The lowest BCUT2D eigenvalue weighted by atomic mass is 9.85. The summed E-state index contributed by atoms with van der Waals surface area (Å²) >= 11 is 0. The summed E-state index contributed by atoms with van der Waals surface area (Å²) in [7, 11) is 0. The number of likely N-dealkylation sites (tertiary alicyclic amines) is 1. The average Bonchev–Trinajstić information content (AvgIpc) is 3.51. The third kappa shape index (κ3) is 3.87. The Balaban J connectivity index is 1.47. The highest BCUT2D eigenvalue weighted by molar-refractivity contribution is 6.07.